The normalized spacial score (nSPS) is 11.5. The van der Waals surface area contributed by atoms with Gasteiger partial charge in [-0.25, -0.2) is 4.98 Å². The van der Waals surface area contributed by atoms with Crippen LogP contribution in [0.25, 0.3) is 11.0 Å². The molecule has 3 heteroatoms. The summed E-state index contributed by atoms with van der Waals surface area (Å²) in [6.07, 6.45) is 2.22. The van der Waals surface area contributed by atoms with Crippen LogP contribution in [0.1, 0.15) is 19.2 Å². The summed E-state index contributed by atoms with van der Waals surface area (Å²) in [6.45, 7) is 4.30. The third-order valence-corrected chi connectivity index (χ3v) is 3.06. The van der Waals surface area contributed by atoms with Crippen molar-refractivity contribution in [3.05, 3.63) is 30.1 Å². The molecule has 2 rings (SSSR count). The molecule has 1 aromatic carbocycles. The number of fused-ring (bicyclic) bond motifs is 1. The minimum Gasteiger partial charge on any atom is -0.328 e. The second-order valence-corrected chi connectivity index (χ2v) is 4.67. The number of aromatic nitrogens is 2. The highest BCUT2D eigenvalue weighted by Crippen LogP contribution is 2.16. The summed E-state index contributed by atoms with van der Waals surface area (Å²) in [7, 11) is 4.23. The second kappa shape index (κ2) is 5.32. The summed E-state index contributed by atoms with van der Waals surface area (Å²) < 4.78 is 2.32. The van der Waals surface area contributed by atoms with Crippen LogP contribution in [0.15, 0.2) is 24.3 Å². The minimum atomic E-state index is 0.998. The van der Waals surface area contributed by atoms with Gasteiger partial charge in [-0.3, -0.25) is 0 Å². The van der Waals surface area contributed by atoms with Gasteiger partial charge in [-0.15, -0.1) is 0 Å². The first-order chi connectivity index (χ1) is 8.22. The number of nitrogens with zero attached hydrogens (tertiary/aromatic N) is 3. The molecule has 0 saturated heterocycles. The van der Waals surface area contributed by atoms with Crippen molar-refractivity contribution in [3.63, 3.8) is 0 Å². The average molecular weight is 231 g/mol. The zero-order valence-electron chi connectivity index (χ0n) is 11.0. The summed E-state index contributed by atoms with van der Waals surface area (Å²) in [5.74, 6) is 1.22. The minimum absolute atomic E-state index is 0.998. The number of rotatable bonds is 5. The number of benzene rings is 1. The molecule has 0 N–H and O–H groups in total. The maximum atomic E-state index is 4.72. The summed E-state index contributed by atoms with van der Waals surface area (Å²) in [4.78, 5) is 6.95. The van der Waals surface area contributed by atoms with Gasteiger partial charge in [0, 0.05) is 13.0 Å². The average Bonchev–Trinajstić information content (AvgIpc) is 2.66. The number of hydrogen-bond donors (Lipinski definition) is 0. The van der Waals surface area contributed by atoms with Crippen molar-refractivity contribution in [2.45, 2.75) is 26.3 Å². The lowest BCUT2D eigenvalue weighted by atomic mass is 10.3. The lowest BCUT2D eigenvalue weighted by Gasteiger charge is -2.09. The van der Waals surface area contributed by atoms with E-state index in [1.54, 1.807) is 0 Å². The first-order valence-electron chi connectivity index (χ1n) is 6.31. The van der Waals surface area contributed by atoms with E-state index in [1.807, 2.05) is 0 Å². The molecule has 1 heterocycles. The zero-order valence-corrected chi connectivity index (χ0v) is 11.0. The van der Waals surface area contributed by atoms with Crippen molar-refractivity contribution in [1.29, 1.82) is 0 Å². The van der Waals surface area contributed by atoms with Crippen molar-refractivity contribution in [2.24, 2.45) is 0 Å². The Morgan fingerprint density at radius 3 is 2.71 bits per heavy atom. The molecule has 1 aromatic heterocycles. The van der Waals surface area contributed by atoms with Gasteiger partial charge in [-0.2, -0.15) is 0 Å². The van der Waals surface area contributed by atoms with Gasteiger partial charge in [0.05, 0.1) is 11.0 Å². The Morgan fingerprint density at radius 2 is 2.00 bits per heavy atom. The number of para-hydroxylation sites is 2. The highest BCUT2D eigenvalue weighted by molar-refractivity contribution is 5.75. The topological polar surface area (TPSA) is 21.1 Å². The molecule has 0 bridgehead atoms. The van der Waals surface area contributed by atoms with Crippen LogP contribution < -0.4 is 0 Å². The van der Waals surface area contributed by atoms with E-state index in [-0.39, 0.29) is 0 Å². The molecule has 0 amide bonds. The maximum absolute atomic E-state index is 4.72. The molecule has 0 fully saturated rings. The largest absolute Gasteiger partial charge is 0.328 e. The first kappa shape index (κ1) is 12.1. The third-order valence-electron chi connectivity index (χ3n) is 3.06. The van der Waals surface area contributed by atoms with Crippen LogP contribution in [0, 0.1) is 0 Å². The molecule has 0 aliphatic heterocycles. The van der Waals surface area contributed by atoms with E-state index >= 15 is 0 Å². The van der Waals surface area contributed by atoms with Crippen molar-refractivity contribution in [2.75, 3.05) is 20.6 Å². The van der Waals surface area contributed by atoms with Crippen molar-refractivity contribution >= 4 is 11.0 Å². The predicted molar refractivity (Wildman–Crippen MR) is 72.3 cm³/mol. The molecule has 0 saturated carbocycles. The van der Waals surface area contributed by atoms with Gasteiger partial charge in [0.2, 0.25) is 0 Å². The molecule has 2 aromatic rings. The van der Waals surface area contributed by atoms with Gasteiger partial charge in [-0.05, 0) is 46.1 Å². The molecule has 0 aliphatic rings. The molecular formula is C14H21N3. The van der Waals surface area contributed by atoms with Gasteiger partial charge in [0.1, 0.15) is 5.82 Å². The van der Waals surface area contributed by atoms with Crippen LogP contribution in [-0.4, -0.2) is 35.1 Å². The van der Waals surface area contributed by atoms with E-state index in [4.69, 9.17) is 4.98 Å². The first-order valence-corrected chi connectivity index (χ1v) is 6.31. The van der Waals surface area contributed by atoms with Gasteiger partial charge >= 0.3 is 0 Å². The lowest BCUT2D eigenvalue weighted by Crippen LogP contribution is -2.14. The predicted octanol–water partition coefficient (Wildman–Crippen LogP) is 2.55. The van der Waals surface area contributed by atoms with Crippen LogP contribution in [0.2, 0.25) is 0 Å². The summed E-state index contributed by atoms with van der Waals surface area (Å²) in [5, 5.41) is 0. The molecule has 3 nitrogen and oxygen atoms in total. The number of hydrogen-bond acceptors (Lipinski definition) is 2. The Labute approximate surface area is 103 Å². The highest BCUT2D eigenvalue weighted by atomic mass is 15.1. The maximum Gasteiger partial charge on any atom is 0.109 e. The van der Waals surface area contributed by atoms with Crippen molar-refractivity contribution in [1.82, 2.24) is 14.5 Å². The summed E-state index contributed by atoms with van der Waals surface area (Å²) in [6, 6.07) is 8.39. The molecule has 0 aliphatic carbocycles. The summed E-state index contributed by atoms with van der Waals surface area (Å²) >= 11 is 0. The second-order valence-electron chi connectivity index (χ2n) is 4.67. The van der Waals surface area contributed by atoms with E-state index in [2.05, 4.69) is 54.8 Å². The Hall–Kier alpha value is -1.35. The van der Waals surface area contributed by atoms with E-state index in [0.717, 1.165) is 31.4 Å². The van der Waals surface area contributed by atoms with Gasteiger partial charge in [-0.1, -0.05) is 12.1 Å². The summed E-state index contributed by atoms with van der Waals surface area (Å²) in [5.41, 5.74) is 2.38. The standard InChI is InChI=1S/C14H21N3/c1-4-17-13-9-6-5-8-12(13)15-14(17)10-7-11-16(2)3/h5-6,8-9H,4,7,10-11H2,1-3H3. The fourth-order valence-corrected chi connectivity index (χ4v) is 2.22. The Bertz CT molecular complexity index is 485. The molecule has 0 radical (unpaired) electrons. The van der Waals surface area contributed by atoms with Crippen LogP contribution in [-0.2, 0) is 13.0 Å². The van der Waals surface area contributed by atoms with Crippen LogP contribution in [0.4, 0.5) is 0 Å². The third kappa shape index (κ3) is 2.67. The van der Waals surface area contributed by atoms with Gasteiger partial charge < -0.3 is 9.47 Å². The van der Waals surface area contributed by atoms with Crippen molar-refractivity contribution < 1.29 is 0 Å². The number of aryl methyl sites for hydroxylation is 2. The van der Waals surface area contributed by atoms with E-state index in [0.29, 0.717) is 0 Å². The molecule has 0 spiro atoms. The molecular weight excluding hydrogens is 210 g/mol. The Balaban J connectivity index is 2.21. The Kier molecular flexibility index (Phi) is 3.79. The fourth-order valence-electron chi connectivity index (χ4n) is 2.22. The van der Waals surface area contributed by atoms with E-state index in [1.165, 1.54) is 11.3 Å². The van der Waals surface area contributed by atoms with Crippen LogP contribution in [0.3, 0.4) is 0 Å². The highest BCUT2D eigenvalue weighted by Gasteiger charge is 2.08. The zero-order chi connectivity index (χ0) is 12.3. The SMILES string of the molecule is CCn1c(CCCN(C)C)nc2ccccc21. The number of imidazole rings is 1. The van der Waals surface area contributed by atoms with Gasteiger partial charge in [0.15, 0.2) is 0 Å². The smallest absolute Gasteiger partial charge is 0.109 e. The Morgan fingerprint density at radius 1 is 1.24 bits per heavy atom. The molecule has 0 atom stereocenters. The van der Waals surface area contributed by atoms with Gasteiger partial charge in [0.25, 0.3) is 0 Å². The van der Waals surface area contributed by atoms with Crippen molar-refractivity contribution in [3.8, 4) is 0 Å². The van der Waals surface area contributed by atoms with Crippen LogP contribution >= 0.6 is 0 Å². The molecule has 92 valence electrons. The quantitative estimate of drug-likeness (QED) is 0.788. The van der Waals surface area contributed by atoms with E-state index < -0.39 is 0 Å². The fraction of sp³-hybridized carbons (Fsp3) is 0.500. The lowest BCUT2D eigenvalue weighted by molar-refractivity contribution is 0.397. The van der Waals surface area contributed by atoms with Crippen LogP contribution in [0.5, 0.6) is 0 Å². The molecule has 0 unspecified atom stereocenters. The van der Waals surface area contributed by atoms with E-state index in [9.17, 15) is 0 Å². The molecule has 17 heavy (non-hydrogen) atoms. The monoisotopic (exact) mass is 231 g/mol.